The van der Waals surface area contributed by atoms with Crippen molar-refractivity contribution < 1.29 is 14.3 Å². The van der Waals surface area contributed by atoms with Crippen molar-refractivity contribution in [1.82, 2.24) is 10.2 Å². The van der Waals surface area contributed by atoms with E-state index in [0.29, 0.717) is 46.5 Å². The molecule has 1 aliphatic heterocycles. The number of carbonyl (C=O) groups excluding carboxylic acids is 2. The molecule has 5 rings (SSSR count). The highest BCUT2D eigenvalue weighted by Crippen LogP contribution is 2.47. The van der Waals surface area contributed by atoms with Crippen LogP contribution in [0.15, 0.2) is 75.5 Å². The zero-order valence-corrected chi connectivity index (χ0v) is 23.8. The number of amides is 1. The molecule has 0 spiro atoms. The highest BCUT2D eigenvalue weighted by molar-refractivity contribution is 8.01. The van der Waals surface area contributed by atoms with Gasteiger partial charge in [0.05, 0.1) is 29.9 Å². The van der Waals surface area contributed by atoms with Crippen LogP contribution in [0, 0.1) is 18.3 Å². The Labute approximate surface area is 240 Å². The molecule has 2 aliphatic rings. The number of benzene rings is 2. The molecular formula is C29H28N6O3S2. The number of ether oxygens (including phenoxy) is 1. The highest BCUT2D eigenvalue weighted by Gasteiger charge is 2.41. The Morgan fingerprint density at radius 1 is 1.20 bits per heavy atom. The molecule has 1 amide bonds. The van der Waals surface area contributed by atoms with Crippen molar-refractivity contribution >= 4 is 45.6 Å². The van der Waals surface area contributed by atoms with Crippen molar-refractivity contribution in [2.45, 2.75) is 43.4 Å². The van der Waals surface area contributed by atoms with Gasteiger partial charge in [0, 0.05) is 23.4 Å². The third-order valence-corrected chi connectivity index (χ3v) is 8.73. The molecule has 0 radical (unpaired) electrons. The van der Waals surface area contributed by atoms with Crippen LogP contribution in [0.4, 0.5) is 10.8 Å². The molecular weight excluding hydrogens is 544 g/mol. The van der Waals surface area contributed by atoms with Crippen LogP contribution < -0.4 is 20.7 Å². The van der Waals surface area contributed by atoms with Gasteiger partial charge in [-0.05, 0) is 56.5 Å². The summed E-state index contributed by atoms with van der Waals surface area (Å²) >= 11 is 2.53. The molecule has 9 nitrogen and oxygen atoms in total. The summed E-state index contributed by atoms with van der Waals surface area (Å²) in [7, 11) is 0. The van der Waals surface area contributed by atoms with Gasteiger partial charge in [0.15, 0.2) is 10.1 Å². The smallest absolute Gasteiger partial charge is 0.234 e. The van der Waals surface area contributed by atoms with Crippen LogP contribution in [0.5, 0.6) is 5.75 Å². The maximum atomic E-state index is 13.3. The lowest BCUT2D eigenvalue weighted by molar-refractivity contribution is -0.116. The Bertz CT molecular complexity index is 1540. The molecule has 3 aromatic rings. The molecule has 2 aromatic carbocycles. The number of aromatic nitrogens is 2. The van der Waals surface area contributed by atoms with E-state index >= 15 is 0 Å². The Hall–Kier alpha value is -4.14. The first-order chi connectivity index (χ1) is 19.4. The Morgan fingerprint density at radius 3 is 2.65 bits per heavy atom. The SMILES string of the molecule is CCOc1ccc(C2C(C#N)=C(N)N(c3nnc(SCC(=O)Nc4ccc(C)cc4)s3)C3=C2C(=O)CCC3)cc1. The molecule has 3 N–H and O–H groups in total. The predicted octanol–water partition coefficient (Wildman–Crippen LogP) is 5.28. The van der Waals surface area contributed by atoms with Gasteiger partial charge in [-0.25, -0.2) is 0 Å². The minimum Gasteiger partial charge on any atom is -0.494 e. The minimum absolute atomic E-state index is 0.00252. The molecule has 0 saturated heterocycles. The van der Waals surface area contributed by atoms with Gasteiger partial charge in [0.2, 0.25) is 11.0 Å². The summed E-state index contributed by atoms with van der Waals surface area (Å²) in [6.07, 6.45) is 1.71. The monoisotopic (exact) mass is 572 g/mol. The van der Waals surface area contributed by atoms with E-state index in [1.165, 1.54) is 23.1 Å². The van der Waals surface area contributed by atoms with Crippen LogP contribution in [-0.2, 0) is 9.59 Å². The molecule has 0 bridgehead atoms. The summed E-state index contributed by atoms with van der Waals surface area (Å²) in [6, 6.07) is 17.3. The predicted molar refractivity (Wildman–Crippen MR) is 156 cm³/mol. The van der Waals surface area contributed by atoms with Crippen molar-refractivity contribution in [2.24, 2.45) is 5.73 Å². The number of nitriles is 1. The first-order valence-electron chi connectivity index (χ1n) is 12.9. The number of ketones is 1. The summed E-state index contributed by atoms with van der Waals surface area (Å²) in [5.41, 5.74) is 10.9. The molecule has 0 saturated carbocycles. The van der Waals surface area contributed by atoms with E-state index in [-0.39, 0.29) is 23.3 Å². The summed E-state index contributed by atoms with van der Waals surface area (Å²) in [5.74, 6) is 0.387. The number of rotatable bonds is 8. The second-order valence-electron chi connectivity index (χ2n) is 9.37. The zero-order chi connectivity index (χ0) is 28.2. The maximum Gasteiger partial charge on any atom is 0.234 e. The second kappa shape index (κ2) is 11.9. The van der Waals surface area contributed by atoms with Crippen molar-refractivity contribution in [3.05, 3.63) is 82.3 Å². The normalized spacial score (nSPS) is 17.0. The number of nitrogens with zero attached hydrogens (tertiary/aromatic N) is 4. The maximum absolute atomic E-state index is 13.3. The largest absolute Gasteiger partial charge is 0.494 e. The number of Topliss-reactive ketones (excluding diaryl/α,β-unsaturated/α-hetero) is 1. The van der Waals surface area contributed by atoms with Crippen LogP contribution in [0.3, 0.4) is 0 Å². The van der Waals surface area contributed by atoms with Gasteiger partial charge in [0.25, 0.3) is 0 Å². The van der Waals surface area contributed by atoms with Gasteiger partial charge in [-0.2, -0.15) is 5.26 Å². The molecule has 1 unspecified atom stereocenters. The molecule has 1 atom stereocenters. The van der Waals surface area contributed by atoms with Crippen molar-refractivity contribution in [3.63, 3.8) is 0 Å². The van der Waals surface area contributed by atoms with E-state index in [4.69, 9.17) is 10.5 Å². The van der Waals surface area contributed by atoms with Crippen LogP contribution in [-0.4, -0.2) is 34.2 Å². The zero-order valence-electron chi connectivity index (χ0n) is 22.1. The van der Waals surface area contributed by atoms with Gasteiger partial charge < -0.3 is 15.8 Å². The van der Waals surface area contributed by atoms with Crippen molar-refractivity contribution in [3.8, 4) is 11.8 Å². The summed E-state index contributed by atoms with van der Waals surface area (Å²) < 4.78 is 6.15. The third-order valence-electron chi connectivity index (χ3n) is 6.69. The number of allylic oxidation sites excluding steroid dienone is 3. The number of carbonyl (C=O) groups is 2. The highest BCUT2D eigenvalue weighted by atomic mass is 32.2. The molecule has 1 aromatic heterocycles. The van der Waals surface area contributed by atoms with E-state index in [9.17, 15) is 14.9 Å². The van der Waals surface area contributed by atoms with Crippen LogP contribution in [0.25, 0.3) is 0 Å². The Kier molecular flexibility index (Phi) is 8.19. The van der Waals surface area contributed by atoms with E-state index in [2.05, 4.69) is 21.6 Å². The number of nitrogens with one attached hydrogen (secondary N) is 1. The van der Waals surface area contributed by atoms with E-state index in [1.54, 1.807) is 4.90 Å². The fourth-order valence-corrected chi connectivity index (χ4v) is 6.55. The molecule has 2 heterocycles. The molecule has 0 fully saturated rings. The number of hydrogen-bond donors (Lipinski definition) is 2. The summed E-state index contributed by atoms with van der Waals surface area (Å²) in [4.78, 5) is 27.5. The average Bonchev–Trinajstić information content (AvgIpc) is 3.42. The number of anilines is 2. The van der Waals surface area contributed by atoms with Gasteiger partial charge in [-0.15, -0.1) is 10.2 Å². The average molecular weight is 573 g/mol. The van der Waals surface area contributed by atoms with Crippen LogP contribution in [0.2, 0.25) is 0 Å². The number of aryl methyl sites for hydroxylation is 1. The van der Waals surface area contributed by atoms with Crippen LogP contribution in [0.1, 0.15) is 43.2 Å². The second-order valence-corrected chi connectivity index (χ2v) is 11.6. The summed E-state index contributed by atoms with van der Waals surface area (Å²) in [6.45, 7) is 4.44. The molecule has 1 aliphatic carbocycles. The fourth-order valence-electron chi connectivity index (χ4n) is 4.87. The van der Waals surface area contributed by atoms with Gasteiger partial charge in [0.1, 0.15) is 11.6 Å². The lowest BCUT2D eigenvalue weighted by Gasteiger charge is -2.38. The number of hydrogen-bond acceptors (Lipinski definition) is 10. The van der Waals surface area contributed by atoms with Gasteiger partial charge in [-0.3, -0.25) is 14.5 Å². The number of nitrogens with two attached hydrogens (primary N) is 1. The standard InChI is InChI=1S/C29H28N6O3S2/c1-3-38-20-13-9-18(10-14-20)25-21(15-30)27(31)35(22-5-4-6-23(36)26(22)25)28-33-34-29(40-28)39-16-24(37)32-19-11-7-17(2)8-12-19/h7-14,25H,3-6,16,31H2,1-2H3,(H,32,37). The summed E-state index contributed by atoms with van der Waals surface area (Å²) in [5, 5.41) is 22.1. The third kappa shape index (κ3) is 5.59. The molecule has 11 heteroatoms. The minimum atomic E-state index is -0.563. The van der Waals surface area contributed by atoms with E-state index in [0.717, 1.165) is 28.3 Å². The number of thioether (sulfide) groups is 1. The molecule has 40 heavy (non-hydrogen) atoms. The Morgan fingerprint density at radius 2 is 1.95 bits per heavy atom. The quantitative estimate of drug-likeness (QED) is 0.346. The van der Waals surface area contributed by atoms with E-state index in [1.807, 2.05) is 62.4 Å². The lowest BCUT2D eigenvalue weighted by atomic mass is 9.76. The first-order valence-corrected chi connectivity index (χ1v) is 14.7. The van der Waals surface area contributed by atoms with E-state index < -0.39 is 5.92 Å². The molecule has 204 valence electrons. The van der Waals surface area contributed by atoms with Crippen LogP contribution >= 0.6 is 23.1 Å². The Balaban J connectivity index is 1.41. The lowest BCUT2D eigenvalue weighted by Crippen LogP contribution is -2.38. The van der Waals surface area contributed by atoms with Crippen molar-refractivity contribution in [2.75, 3.05) is 22.6 Å². The van der Waals surface area contributed by atoms with Gasteiger partial charge in [-0.1, -0.05) is 52.9 Å². The van der Waals surface area contributed by atoms with Gasteiger partial charge >= 0.3 is 0 Å². The van der Waals surface area contributed by atoms with Crippen molar-refractivity contribution in [1.29, 1.82) is 5.26 Å². The topological polar surface area (TPSA) is 134 Å². The fraction of sp³-hybridized carbons (Fsp3) is 0.276. The first kappa shape index (κ1) is 27.4.